The van der Waals surface area contributed by atoms with Crippen molar-refractivity contribution in [1.82, 2.24) is 4.90 Å². The minimum Gasteiger partial charge on any atom is -0.334 e. The number of carbonyl (C=O) groups excluding carboxylic acids is 1. The first-order valence-electron chi connectivity index (χ1n) is 4.58. The smallest absolute Gasteiger partial charge is 0.246 e. The van der Waals surface area contributed by atoms with Crippen LogP contribution in [0.4, 0.5) is 0 Å². The van der Waals surface area contributed by atoms with Gasteiger partial charge in [-0.15, -0.1) is 0 Å². The van der Waals surface area contributed by atoms with Crippen LogP contribution in [0.3, 0.4) is 0 Å². The number of hydrogen-bond acceptors (Lipinski definition) is 1. The zero-order valence-electron chi connectivity index (χ0n) is 7.97. The molecule has 0 spiro atoms. The molecule has 0 unspecified atom stereocenters. The Labute approximate surface area is 74.2 Å². The molecule has 0 N–H and O–H groups in total. The SMILES string of the molecule is C=CC(=O)N1CCC[C@@]1(C)CC. The third-order valence-corrected chi connectivity index (χ3v) is 2.95. The maximum atomic E-state index is 11.4. The fourth-order valence-electron chi connectivity index (χ4n) is 1.88. The molecular weight excluding hydrogens is 150 g/mol. The number of nitrogens with zero attached hydrogens (tertiary/aromatic N) is 1. The summed E-state index contributed by atoms with van der Waals surface area (Å²) in [6.07, 6.45) is 4.71. The van der Waals surface area contributed by atoms with Crippen LogP contribution >= 0.6 is 0 Å². The molecule has 0 aromatic rings. The van der Waals surface area contributed by atoms with Crippen molar-refractivity contribution in [1.29, 1.82) is 0 Å². The Bertz CT molecular complexity index is 200. The van der Waals surface area contributed by atoms with Crippen LogP contribution < -0.4 is 0 Å². The third-order valence-electron chi connectivity index (χ3n) is 2.95. The largest absolute Gasteiger partial charge is 0.334 e. The van der Waals surface area contributed by atoms with E-state index >= 15 is 0 Å². The van der Waals surface area contributed by atoms with Crippen molar-refractivity contribution in [3.8, 4) is 0 Å². The van der Waals surface area contributed by atoms with Crippen molar-refractivity contribution in [2.45, 2.75) is 38.6 Å². The van der Waals surface area contributed by atoms with Gasteiger partial charge in [0.1, 0.15) is 0 Å². The Kier molecular flexibility index (Phi) is 2.55. The highest BCUT2D eigenvalue weighted by Gasteiger charge is 2.36. The van der Waals surface area contributed by atoms with E-state index in [9.17, 15) is 4.79 Å². The molecule has 2 heteroatoms. The van der Waals surface area contributed by atoms with E-state index in [2.05, 4.69) is 20.4 Å². The van der Waals surface area contributed by atoms with Crippen molar-refractivity contribution < 1.29 is 4.79 Å². The summed E-state index contributed by atoms with van der Waals surface area (Å²) in [6.45, 7) is 8.70. The minimum absolute atomic E-state index is 0.0804. The van der Waals surface area contributed by atoms with Gasteiger partial charge in [0.25, 0.3) is 0 Å². The van der Waals surface area contributed by atoms with Gasteiger partial charge in [0.15, 0.2) is 0 Å². The highest BCUT2D eigenvalue weighted by atomic mass is 16.2. The van der Waals surface area contributed by atoms with E-state index in [0.29, 0.717) is 0 Å². The molecule has 0 aromatic carbocycles. The Morgan fingerprint density at radius 2 is 2.42 bits per heavy atom. The molecule has 1 atom stereocenters. The van der Waals surface area contributed by atoms with E-state index in [-0.39, 0.29) is 11.4 Å². The predicted octanol–water partition coefficient (Wildman–Crippen LogP) is 1.96. The van der Waals surface area contributed by atoms with Gasteiger partial charge < -0.3 is 4.90 Å². The van der Waals surface area contributed by atoms with Crippen LogP contribution in [0.25, 0.3) is 0 Å². The summed E-state index contributed by atoms with van der Waals surface area (Å²) in [5.74, 6) is 0.0804. The average Bonchev–Trinajstić information content (AvgIpc) is 2.47. The monoisotopic (exact) mass is 167 g/mol. The summed E-state index contributed by atoms with van der Waals surface area (Å²) in [4.78, 5) is 13.3. The van der Waals surface area contributed by atoms with Gasteiger partial charge >= 0.3 is 0 Å². The lowest BCUT2D eigenvalue weighted by Gasteiger charge is -2.33. The molecule has 1 rings (SSSR count). The third kappa shape index (κ3) is 1.38. The molecular formula is C10H17NO. The van der Waals surface area contributed by atoms with Crippen LogP contribution in [0.5, 0.6) is 0 Å². The molecule has 1 aliphatic rings. The normalized spacial score (nSPS) is 29.0. The van der Waals surface area contributed by atoms with Gasteiger partial charge in [-0.1, -0.05) is 13.5 Å². The van der Waals surface area contributed by atoms with Gasteiger partial charge in [-0.3, -0.25) is 4.79 Å². The molecule has 68 valence electrons. The highest BCUT2D eigenvalue weighted by Crippen LogP contribution is 2.31. The lowest BCUT2D eigenvalue weighted by molar-refractivity contribution is -0.129. The van der Waals surface area contributed by atoms with Crippen LogP contribution in [-0.4, -0.2) is 22.9 Å². The molecule has 1 amide bonds. The molecule has 1 heterocycles. The van der Waals surface area contributed by atoms with Crippen molar-refractivity contribution >= 4 is 5.91 Å². The van der Waals surface area contributed by atoms with Gasteiger partial charge in [0.2, 0.25) is 5.91 Å². The molecule has 12 heavy (non-hydrogen) atoms. The number of rotatable bonds is 2. The Hall–Kier alpha value is -0.790. The van der Waals surface area contributed by atoms with E-state index in [1.165, 1.54) is 6.08 Å². The maximum absolute atomic E-state index is 11.4. The van der Waals surface area contributed by atoms with Gasteiger partial charge in [-0.25, -0.2) is 0 Å². The molecule has 0 bridgehead atoms. The molecule has 1 saturated heterocycles. The van der Waals surface area contributed by atoms with Crippen LogP contribution in [0.1, 0.15) is 33.1 Å². The lowest BCUT2D eigenvalue weighted by Crippen LogP contribution is -2.43. The fourth-order valence-corrected chi connectivity index (χ4v) is 1.88. The Morgan fingerprint density at radius 1 is 1.75 bits per heavy atom. The molecule has 0 aliphatic carbocycles. The Morgan fingerprint density at radius 3 is 2.92 bits per heavy atom. The summed E-state index contributed by atoms with van der Waals surface area (Å²) in [5, 5.41) is 0. The first-order valence-corrected chi connectivity index (χ1v) is 4.58. The quantitative estimate of drug-likeness (QED) is 0.576. The molecule has 0 aromatic heterocycles. The molecule has 1 fully saturated rings. The van der Waals surface area contributed by atoms with Crippen LogP contribution in [0.15, 0.2) is 12.7 Å². The van der Waals surface area contributed by atoms with E-state index in [0.717, 1.165) is 25.8 Å². The van der Waals surface area contributed by atoms with Crippen molar-refractivity contribution in [2.24, 2.45) is 0 Å². The van der Waals surface area contributed by atoms with Crippen LogP contribution in [0.2, 0.25) is 0 Å². The van der Waals surface area contributed by atoms with Crippen molar-refractivity contribution in [2.75, 3.05) is 6.54 Å². The first kappa shape index (κ1) is 9.30. The zero-order valence-corrected chi connectivity index (χ0v) is 7.97. The summed E-state index contributed by atoms with van der Waals surface area (Å²) in [6, 6.07) is 0. The summed E-state index contributed by atoms with van der Waals surface area (Å²) < 4.78 is 0. The van der Waals surface area contributed by atoms with Gasteiger partial charge in [0.05, 0.1) is 0 Å². The molecule has 0 saturated carbocycles. The van der Waals surface area contributed by atoms with Crippen molar-refractivity contribution in [3.05, 3.63) is 12.7 Å². The molecule has 2 nitrogen and oxygen atoms in total. The molecule has 0 radical (unpaired) electrons. The Balaban J connectivity index is 2.76. The number of carbonyl (C=O) groups is 1. The summed E-state index contributed by atoms with van der Waals surface area (Å²) in [7, 11) is 0. The van der Waals surface area contributed by atoms with E-state index < -0.39 is 0 Å². The summed E-state index contributed by atoms with van der Waals surface area (Å²) >= 11 is 0. The number of amides is 1. The van der Waals surface area contributed by atoms with E-state index in [1.54, 1.807) is 0 Å². The van der Waals surface area contributed by atoms with Crippen LogP contribution in [0, 0.1) is 0 Å². The summed E-state index contributed by atoms with van der Waals surface area (Å²) in [5.41, 5.74) is 0.0886. The number of hydrogen-bond donors (Lipinski definition) is 0. The maximum Gasteiger partial charge on any atom is 0.246 e. The predicted molar refractivity (Wildman–Crippen MR) is 49.8 cm³/mol. The van der Waals surface area contributed by atoms with Gasteiger partial charge in [-0.2, -0.15) is 0 Å². The second kappa shape index (κ2) is 3.30. The van der Waals surface area contributed by atoms with Crippen molar-refractivity contribution in [3.63, 3.8) is 0 Å². The average molecular weight is 167 g/mol. The fraction of sp³-hybridized carbons (Fsp3) is 0.700. The van der Waals surface area contributed by atoms with Crippen LogP contribution in [-0.2, 0) is 4.79 Å². The highest BCUT2D eigenvalue weighted by molar-refractivity contribution is 5.87. The standard InChI is InChI=1S/C10H17NO/c1-4-9(12)11-8-6-7-10(11,3)5-2/h4H,1,5-8H2,2-3H3/t10-/m1/s1. The topological polar surface area (TPSA) is 20.3 Å². The van der Waals surface area contributed by atoms with E-state index in [4.69, 9.17) is 0 Å². The number of likely N-dealkylation sites (tertiary alicyclic amines) is 1. The second-order valence-electron chi connectivity index (χ2n) is 3.65. The zero-order chi connectivity index (χ0) is 9.19. The first-order chi connectivity index (χ1) is 5.64. The van der Waals surface area contributed by atoms with Gasteiger partial charge in [-0.05, 0) is 32.3 Å². The van der Waals surface area contributed by atoms with Gasteiger partial charge in [0, 0.05) is 12.1 Å². The molecule has 1 aliphatic heterocycles. The lowest BCUT2D eigenvalue weighted by atomic mass is 9.95. The van der Waals surface area contributed by atoms with E-state index in [1.807, 2.05) is 4.90 Å². The minimum atomic E-state index is 0.0804. The second-order valence-corrected chi connectivity index (χ2v) is 3.65.